The Morgan fingerprint density at radius 2 is 1.91 bits per heavy atom. The molecule has 0 amide bonds. The van der Waals surface area contributed by atoms with Crippen molar-refractivity contribution in [2.75, 3.05) is 0 Å². The molecule has 0 radical (unpaired) electrons. The van der Waals surface area contributed by atoms with E-state index in [0.717, 1.165) is 16.3 Å². The molecule has 0 saturated heterocycles. The molecule has 4 nitrogen and oxygen atoms in total. The number of halogens is 4. The van der Waals surface area contributed by atoms with Crippen molar-refractivity contribution in [1.82, 2.24) is 19.6 Å². The third-order valence-electron chi connectivity index (χ3n) is 3.80. The topological polar surface area (TPSA) is 43.1 Å². The second kappa shape index (κ2) is 4.86. The van der Waals surface area contributed by atoms with Crippen molar-refractivity contribution in [3.63, 3.8) is 0 Å². The van der Waals surface area contributed by atoms with E-state index in [1.54, 1.807) is 6.07 Å². The van der Waals surface area contributed by atoms with Gasteiger partial charge in [-0.15, -0.1) is 0 Å². The van der Waals surface area contributed by atoms with Crippen LogP contribution in [0.15, 0.2) is 24.5 Å². The van der Waals surface area contributed by atoms with Gasteiger partial charge in [0.2, 0.25) is 5.95 Å². The van der Waals surface area contributed by atoms with Gasteiger partial charge in [-0.05, 0) is 24.5 Å². The molecule has 0 aromatic carbocycles. The first-order valence-corrected chi connectivity index (χ1v) is 7.31. The summed E-state index contributed by atoms with van der Waals surface area (Å²) in [5, 5.41) is 4.28. The van der Waals surface area contributed by atoms with E-state index in [-0.39, 0.29) is 22.0 Å². The molecule has 0 bridgehead atoms. The first kappa shape index (κ1) is 13.8. The van der Waals surface area contributed by atoms with Crippen molar-refractivity contribution in [2.45, 2.75) is 18.3 Å². The van der Waals surface area contributed by atoms with Gasteiger partial charge in [-0.3, -0.25) is 4.98 Å². The summed E-state index contributed by atoms with van der Waals surface area (Å²) >= 11 is 11.7. The van der Waals surface area contributed by atoms with Gasteiger partial charge < -0.3 is 0 Å². The lowest BCUT2D eigenvalue weighted by atomic mass is 10.1. The highest BCUT2D eigenvalue weighted by Gasteiger charge is 2.44. The molecule has 1 aliphatic rings. The fourth-order valence-corrected chi connectivity index (χ4v) is 3.08. The lowest BCUT2D eigenvalue weighted by Gasteiger charge is -2.05. The average Bonchev–Trinajstić information content (AvgIpc) is 3.16. The molecule has 4 rings (SSSR count). The first-order valence-electron chi connectivity index (χ1n) is 6.55. The number of nitrogens with zero attached hydrogens (tertiary/aromatic N) is 4. The molecule has 3 heterocycles. The molecular weight excluding hydrogens is 333 g/mol. The van der Waals surface area contributed by atoms with E-state index in [4.69, 9.17) is 23.2 Å². The zero-order valence-electron chi connectivity index (χ0n) is 11.0. The van der Waals surface area contributed by atoms with Crippen molar-refractivity contribution < 1.29 is 8.78 Å². The Balaban J connectivity index is 1.76. The number of pyridine rings is 1. The van der Waals surface area contributed by atoms with Gasteiger partial charge in [-0.1, -0.05) is 23.2 Å². The summed E-state index contributed by atoms with van der Waals surface area (Å²) in [6.07, 6.45) is 3.19. The quantitative estimate of drug-likeness (QED) is 0.708. The van der Waals surface area contributed by atoms with Crippen LogP contribution in [-0.2, 0) is 0 Å². The van der Waals surface area contributed by atoms with Gasteiger partial charge in [0.05, 0.1) is 16.9 Å². The van der Waals surface area contributed by atoms with E-state index >= 15 is 0 Å². The Hall–Kier alpha value is -1.79. The molecule has 0 unspecified atom stereocenters. The molecular formula is C14H8Cl2F2N4. The molecule has 2 atom stereocenters. The van der Waals surface area contributed by atoms with Gasteiger partial charge in [0.1, 0.15) is 5.82 Å². The summed E-state index contributed by atoms with van der Waals surface area (Å²) in [4.78, 5) is 8.08. The maximum absolute atomic E-state index is 14.0. The van der Waals surface area contributed by atoms with Crippen molar-refractivity contribution in [3.8, 4) is 0 Å². The average molecular weight is 341 g/mol. The maximum Gasteiger partial charge on any atom is 0.234 e. The molecule has 1 fully saturated rings. The van der Waals surface area contributed by atoms with Crippen LogP contribution >= 0.6 is 23.2 Å². The molecule has 0 N–H and O–H groups in total. The van der Waals surface area contributed by atoms with Gasteiger partial charge in [0.25, 0.3) is 0 Å². The number of hydrogen-bond acceptors (Lipinski definition) is 3. The predicted molar refractivity (Wildman–Crippen MR) is 77.3 cm³/mol. The highest BCUT2D eigenvalue weighted by molar-refractivity contribution is 6.30. The highest BCUT2D eigenvalue weighted by Crippen LogP contribution is 2.55. The summed E-state index contributed by atoms with van der Waals surface area (Å²) in [6, 6.07) is 2.88. The number of hydrogen-bond donors (Lipinski definition) is 0. The van der Waals surface area contributed by atoms with Crippen LogP contribution in [0.25, 0.3) is 5.65 Å². The normalized spacial score (nSPS) is 20.5. The van der Waals surface area contributed by atoms with Crippen LogP contribution in [-0.4, -0.2) is 19.6 Å². The molecule has 22 heavy (non-hydrogen) atoms. The standard InChI is InChI=1S/C14H8Cl2F2N4/c15-6-1-10(17)13(19-4-6)8-2-7(8)9-3-11(16)21-22-12(18)5-20-14(9)22/h1,3-5,7-8H,2H2/t7-,8-/m0/s1. The number of rotatable bonds is 2. The minimum atomic E-state index is -0.591. The van der Waals surface area contributed by atoms with Gasteiger partial charge in [0.15, 0.2) is 10.8 Å². The monoisotopic (exact) mass is 340 g/mol. The minimum Gasteiger partial charge on any atom is -0.256 e. The van der Waals surface area contributed by atoms with Crippen LogP contribution in [0.1, 0.15) is 29.5 Å². The van der Waals surface area contributed by atoms with Crippen LogP contribution < -0.4 is 0 Å². The highest BCUT2D eigenvalue weighted by atomic mass is 35.5. The number of fused-ring (bicyclic) bond motifs is 1. The van der Waals surface area contributed by atoms with Crippen LogP contribution in [0.5, 0.6) is 0 Å². The molecule has 112 valence electrons. The van der Waals surface area contributed by atoms with Crippen molar-refractivity contribution in [3.05, 3.63) is 57.7 Å². The molecule has 1 aliphatic carbocycles. The third kappa shape index (κ3) is 2.14. The molecule has 0 spiro atoms. The lowest BCUT2D eigenvalue weighted by Crippen LogP contribution is -2.00. The smallest absolute Gasteiger partial charge is 0.234 e. The van der Waals surface area contributed by atoms with E-state index in [0.29, 0.717) is 17.8 Å². The summed E-state index contributed by atoms with van der Waals surface area (Å²) in [7, 11) is 0. The second-order valence-electron chi connectivity index (χ2n) is 5.21. The van der Waals surface area contributed by atoms with Crippen LogP contribution in [0.4, 0.5) is 8.78 Å². The molecule has 3 aromatic heterocycles. The van der Waals surface area contributed by atoms with E-state index in [2.05, 4.69) is 15.1 Å². The Labute approximate surface area is 133 Å². The SMILES string of the molecule is Fc1cc(Cl)cnc1[C@H]1C[C@@H]1c1cc(Cl)nn2c(F)cnc12. The van der Waals surface area contributed by atoms with Crippen LogP contribution in [0.3, 0.4) is 0 Å². The Morgan fingerprint density at radius 3 is 2.68 bits per heavy atom. The van der Waals surface area contributed by atoms with Gasteiger partial charge in [0, 0.05) is 17.7 Å². The molecule has 0 aliphatic heterocycles. The van der Waals surface area contributed by atoms with E-state index in [1.165, 1.54) is 12.3 Å². The Kier molecular flexibility index (Phi) is 3.06. The van der Waals surface area contributed by atoms with Crippen molar-refractivity contribution in [1.29, 1.82) is 0 Å². The zero-order chi connectivity index (χ0) is 15.4. The van der Waals surface area contributed by atoms with Crippen LogP contribution in [0, 0.1) is 11.8 Å². The summed E-state index contributed by atoms with van der Waals surface area (Å²) in [5.41, 5.74) is 1.49. The van der Waals surface area contributed by atoms with Gasteiger partial charge >= 0.3 is 0 Å². The fourth-order valence-electron chi connectivity index (χ4n) is 2.75. The van der Waals surface area contributed by atoms with Crippen molar-refractivity contribution in [2.24, 2.45) is 0 Å². The second-order valence-corrected chi connectivity index (χ2v) is 6.03. The van der Waals surface area contributed by atoms with E-state index in [1.807, 2.05) is 0 Å². The van der Waals surface area contributed by atoms with Crippen molar-refractivity contribution >= 4 is 28.8 Å². The summed E-state index contributed by atoms with van der Waals surface area (Å²) in [5.74, 6) is -1.15. The van der Waals surface area contributed by atoms with E-state index in [9.17, 15) is 8.78 Å². The van der Waals surface area contributed by atoms with Gasteiger partial charge in [-0.25, -0.2) is 9.37 Å². The third-order valence-corrected chi connectivity index (χ3v) is 4.19. The maximum atomic E-state index is 14.0. The minimum absolute atomic E-state index is 0.0204. The molecule has 1 saturated carbocycles. The predicted octanol–water partition coefficient (Wildman–Crippen LogP) is 3.98. The fraction of sp³-hybridized carbons (Fsp3) is 0.214. The molecule has 8 heteroatoms. The Bertz CT molecular complexity index is 896. The number of aromatic nitrogens is 4. The first-order chi connectivity index (χ1) is 10.5. The molecule has 3 aromatic rings. The van der Waals surface area contributed by atoms with E-state index < -0.39 is 11.8 Å². The zero-order valence-corrected chi connectivity index (χ0v) is 12.5. The Morgan fingerprint density at radius 1 is 1.09 bits per heavy atom. The van der Waals surface area contributed by atoms with Gasteiger partial charge in [-0.2, -0.15) is 14.0 Å². The summed E-state index contributed by atoms with van der Waals surface area (Å²) < 4.78 is 28.6. The number of imidazole rings is 1. The van der Waals surface area contributed by atoms with Crippen LogP contribution in [0.2, 0.25) is 10.2 Å². The largest absolute Gasteiger partial charge is 0.256 e. The lowest BCUT2D eigenvalue weighted by molar-refractivity contribution is 0.548. The summed E-state index contributed by atoms with van der Waals surface area (Å²) in [6.45, 7) is 0.